The van der Waals surface area contributed by atoms with Gasteiger partial charge in [-0.3, -0.25) is 10.1 Å². The van der Waals surface area contributed by atoms with Crippen molar-refractivity contribution in [2.24, 2.45) is 0 Å². The lowest BCUT2D eigenvalue weighted by Crippen LogP contribution is -2.12. The third kappa shape index (κ3) is 3.30. The maximum absolute atomic E-state index is 13.4. The van der Waals surface area contributed by atoms with Crippen molar-refractivity contribution in [2.75, 3.05) is 0 Å². The molecule has 2 aromatic carbocycles. The van der Waals surface area contributed by atoms with E-state index in [4.69, 9.17) is 23.2 Å². The summed E-state index contributed by atoms with van der Waals surface area (Å²) in [5, 5.41) is 12.0. The van der Waals surface area contributed by atoms with Crippen molar-refractivity contribution in [3.05, 3.63) is 80.8 Å². The molecule has 0 fully saturated rings. The fraction of sp³-hybridized carbons (Fsp3) is 0.0526. The van der Waals surface area contributed by atoms with Crippen LogP contribution < -0.4 is 0 Å². The highest BCUT2D eigenvalue weighted by molar-refractivity contribution is 7.90. The molecule has 0 atom stereocenters. The standard InChI is InChI=1S/C19H12Cl2N4O4S/c1-11-5-7-12(8-6-11)30(28,29)24-10-14(17-15(20)9-22-19(21)23-17)13-3-2-4-16(18(13)24)25(26)27/h2-10H,1H3. The van der Waals surface area contributed by atoms with Crippen LogP contribution in [0.15, 0.2) is 59.8 Å². The minimum atomic E-state index is -4.16. The molecule has 4 rings (SSSR count). The Morgan fingerprint density at radius 2 is 1.80 bits per heavy atom. The van der Waals surface area contributed by atoms with Crippen LogP contribution in [-0.2, 0) is 10.0 Å². The first-order chi connectivity index (χ1) is 14.2. The highest BCUT2D eigenvalue weighted by Crippen LogP contribution is 2.39. The molecular weight excluding hydrogens is 451 g/mol. The number of halogens is 2. The smallest absolute Gasteiger partial charge is 0.258 e. The maximum Gasteiger partial charge on any atom is 0.294 e. The Morgan fingerprint density at radius 1 is 1.10 bits per heavy atom. The van der Waals surface area contributed by atoms with Gasteiger partial charge in [-0.2, -0.15) is 0 Å². The monoisotopic (exact) mass is 462 g/mol. The quantitative estimate of drug-likeness (QED) is 0.243. The highest BCUT2D eigenvalue weighted by atomic mass is 35.5. The molecular formula is C19H12Cl2N4O4S. The van der Waals surface area contributed by atoms with Crippen LogP contribution in [0.4, 0.5) is 5.69 Å². The van der Waals surface area contributed by atoms with Crippen molar-refractivity contribution in [2.45, 2.75) is 11.8 Å². The molecule has 0 saturated carbocycles. The van der Waals surface area contributed by atoms with Crippen molar-refractivity contribution in [3.8, 4) is 11.3 Å². The number of para-hydroxylation sites is 1. The van der Waals surface area contributed by atoms with E-state index in [-0.39, 0.29) is 43.0 Å². The summed E-state index contributed by atoms with van der Waals surface area (Å²) in [4.78, 5) is 18.9. The Kier molecular flexibility index (Phi) is 4.97. The zero-order valence-electron chi connectivity index (χ0n) is 15.3. The van der Waals surface area contributed by atoms with Crippen LogP contribution in [0.3, 0.4) is 0 Å². The molecule has 4 aromatic rings. The zero-order chi connectivity index (χ0) is 21.6. The number of hydrogen-bond acceptors (Lipinski definition) is 6. The van der Waals surface area contributed by atoms with E-state index in [0.717, 1.165) is 9.54 Å². The van der Waals surface area contributed by atoms with Gasteiger partial charge in [0.25, 0.3) is 15.7 Å². The summed E-state index contributed by atoms with van der Waals surface area (Å²) in [6, 6.07) is 10.4. The number of benzene rings is 2. The fourth-order valence-electron chi connectivity index (χ4n) is 3.12. The van der Waals surface area contributed by atoms with Crippen LogP contribution in [-0.4, -0.2) is 27.3 Å². The van der Waals surface area contributed by atoms with Crippen LogP contribution >= 0.6 is 23.2 Å². The summed E-state index contributed by atoms with van der Waals surface area (Å²) < 4.78 is 27.6. The van der Waals surface area contributed by atoms with Gasteiger partial charge in [-0.15, -0.1) is 0 Å². The van der Waals surface area contributed by atoms with Gasteiger partial charge in [-0.25, -0.2) is 22.4 Å². The Morgan fingerprint density at radius 3 is 2.47 bits per heavy atom. The van der Waals surface area contributed by atoms with Gasteiger partial charge in [-0.05, 0) is 30.7 Å². The van der Waals surface area contributed by atoms with E-state index in [1.54, 1.807) is 18.2 Å². The minimum absolute atomic E-state index is 0.0125. The van der Waals surface area contributed by atoms with Gasteiger partial charge in [-0.1, -0.05) is 41.4 Å². The van der Waals surface area contributed by atoms with E-state index in [9.17, 15) is 18.5 Å². The molecule has 2 aromatic heterocycles. The molecule has 0 saturated heterocycles. The molecule has 152 valence electrons. The first kappa shape index (κ1) is 20.3. The predicted octanol–water partition coefficient (Wildman–Crippen LogP) is 4.86. The van der Waals surface area contributed by atoms with Crippen LogP contribution in [0.1, 0.15) is 5.56 Å². The Hall–Kier alpha value is -3.01. The average molecular weight is 463 g/mol. The van der Waals surface area contributed by atoms with Crippen LogP contribution in [0.25, 0.3) is 22.2 Å². The van der Waals surface area contributed by atoms with Crippen molar-refractivity contribution in [1.29, 1.82) is 0 Å². The fourth-order valence-corrected chi connectivity index (χ4v) is 4.83. The number of nitrogens with zero attached hydrogens (tertiary/aromatic N) is 4. The number of fused-ring (bicyclic) bond motifs is 1. The van der Waals surface area contributed by atoms with Crippen LogP contribution in [0.2, 0.25) is 10.3 Å². The van der Waals surface area contributed by atoms with Crippen LogP contribution in [0.5, 0.6) is 0 Å². The highest BCUT2D eigenvalue weighted by Gasteiger charge is 2.28. The van der Waals surface area contributed by atoms with Gasteiger partial charge in [0.05, 0.1) is 26.7 Å². The van der Waals surface area contributed by atoms with E-state index in [2.05, 4.69) is 9.97 Å². The third-order valence-electron chi connectivity index (χ3n) is 4.52. The maximum atomic E-state index is 13.4. The molecule has 0 aliphatic rings. The molecule has 2 heterocycles. The Balaban J connectivity index is 2.11. The summed E-state index contributed by atoms with van der Waals surface area (Å²) >= 11 is 12.1. The second-order valence-corrected chi connectivity index (χ2v) is 8.98. The summed E-state index contributed by atoms with van der Waals surface area (Å²) in [5.41, 5.74) is 0.855. The lowest BCUT2D eigenvalue weighted by atomic mass is 10.1. The Bertz CT molecular complexity index is 1420. The largest absolute Gasteiger partial charge is 0.294 e. The van der Waals surface area contributed by atoms with Crippen LogP contribution in [0, 0.1) is 17.0 Å². The molecule has 0 amide bonds. The molecule has 0 N–H and O–H groups in total. The van der Waals surface area contributed by atoms with Gasteiger partial charge in [0.15, 0.2) is 0 Å². The lowest BCUT2D eigenvalue weighted by molar-refractivity contribution is -0.383. The van der Waals surface area contributed by atoms with Gasteiger partial charge in [0.1, 0.15) is 5.52 Å². The van der Waals surface area contributed by atoms with E-state index in [1.807, 2.05) is 6.92 Å². The minimum Gasteiger partial charge on any atom is -0.258 e. The van der Waals surface area contributed by atoms with E-state index in [1.165, 1.54) is 36.7 Å². The number of hydrogen-bond donors (Lipinski definition) is 0. The first-order valence-electron chi connectivity index (χ1n) is 8.49. The summed E-state index contributed by atoms with van der Waals surface area (Å²) in [6.07, 6.45) is 2.54. The van der Waals surface area contributed by atoms with E-state index < -0.39 is 14.9 Å². The van der Waals surface area contributed by atoms with Crippen molar-refractivity contribution >= 4 is 49.8 Å². The van der Waals surface area contributed by atoms with Gasteiger partial charge >= 0.3 is 0 Å². The first-order valence-corrected chi connectivity index (χ1v) is 10.7. The number of aromatic nitrogens is 3. The van der Waals surface area contributed by atoms with Gasteiger partial charge < -0.3 is 0 Å². The Labute approximate surface area is 180 Å². The molecule has 0 aliphatic carbocycles. The molecule has 11 heteroatoms. The number of nitro benzene ring substituents is 1. The summed E-state index contributed by atoms with van der Waals surface area (Å²) in [7, 11) is -4.16. The van der Waals surface area contributed by atoms with E-state index in [0.29, 0.717) is 0 Å². The van der Waals surface area contributed by atoms with Crippen molar-refractivity contribution < 1.29 is 13.3 Å². The summed E-state index contributed by atoms with van der Waals surface area (Å²) in [6.45, 7) is 1.82. The molecule has 30 heavy (non-hydrogen) atoms. The second-order valence-electron chi connectivity index (χ2n) is 6.42. The predicted molar refractivity (Wildman–Crippen MR) is 113 cm³/mol. The van der Waals surface area contributed by atoms with Crippen molar-refractivity contribution in [3.63, 3.8) is 0 Å². The second kappa shape index (κ2) is 7.35. The number of nitro groups is 1. The topological polar surface area (TPSA) is 108 Å². The third-order valence-corrected chi connectivity index (χ3v) is 6.65. The average Bonchev–Trinajstić information content (AvgIpc) is 3.10. The van der Waals surface area contributed by atoms with E-state index >= 15 is 0 Å². The number of aryl methyl sites for hydroxylation is 1. The molecule has 0 radical (unpaired) electrons. The molecule has 0 bridgehead atoms. The SMILES string of the molecule is Cc1ccc(S(=O)(=O)n2cc(-c3nc(Cl)ncc3Cl)c3cccc([N+](=O)[O-])c32)cc1. The number of rotatable bonds is 4. The zero-order valence-corrected chi connectivity index (χ0v) is 17.6. The van der Waals surface area contributed by atoms with Crippen molar-refractivity contribution in [1.82, 2.24) is 13.9 Å². The normalized spacial score (nSPS) is 11.7. The summed E-state index contributed by atoms with van der Waals surface area (Å²) in [5.74, 6) is 0. The molecule has 8 nitrogen and oxygen atoms in total. The van der Waals surface area contributed by atoms with Gasteiger partial charge in [0, 0.05) is 23.2 Å². The van der Waals surface area contributed by atoms with Gasteiger partial charge in [0.2, 0.25) is 5.28 Å². The molecule has 0 unspecified atom stereocenters. The lowest BCUT2D eigenvalue weighted by Gasteiger charge is -2.08. The number of non-ortho nitro benzene ring substituents is 1. The molecule has 0 aliphatic heterocycles. The molecule has 0 spiro atoms.